The van der Waals surface area contributed by atoms with Crippen molar-refractivity contribution in [2.75, 3.05) is 0 Å². The molecule has 2 N–H and O–H groups in total. The van der Waals surface area contributed by atoms with Crippen molar-refractivity contribution >= 4 is 0 Å². The fourth-order valence-corrected chi connectivity index (χ4v) is 1.85. The van der Waals surface area contributed by atoms with Gasteiger partial charge in [0.1, 0.15) is 0 Å². The highest BCUT2D eigenvalue weighted by atomic mass is 14.8. The Morgan fingerprint density at radius 2 is 2.20 bits per heavy atom. The maximum absolute atomic E-state index is 6.08. The van der Waals surface area contributed by atoms with Crippen LogP contribution in [-0.2, 0) is 0 Å². The minimum Gasteiger partial charge on any atom is -0.325 e. The SMILES string of the molecule is Cc1ccc(C(C)CCC2(N)CC2)cn1. The normalized spacial score (nSPS) is 19.9. The van der Waals surface area contributed by atoms with Crippen molar-refractivity contribution in [1.82, 2.24) is 4.98 Å². The van der Waals surface area contributed by atoms with Crippen LogP contribution in [0.5, 0.6) is 0 Å². The molecule has 0 amide bonds. The standard InChI is InChI=1S/C13H20N2/c1-10(5-6-13(14)7-8-13)12-4-3-11(2)15-9-12/h3-4,9-10H,5-8,14H2,1-2H3. The van der Waals surface area contributed by atoms with Crippen molar-refractivity contribution in [3.05, 3.63) is 29.6 Å². The van der Waals surface area contributed by atoms with Gasteiger partial charge in [-0.15, -0.1) is 0 Å². The summed E-state index contributed by atoms with van der Waals surface area (Å²) >= 11 is 0. The summed E-state index contributed by atoms with van der Waals surface area (Å²) in [6.07, 6.45) is 6.76. The molecule has 2 heteroatoms. The second-order valence-corrected chi connectivity index (χ2v) is 5.04. The van der Waals surface area contributed by atoms with Crippen LogP contribution in [0, 0.1) is 6.92 Å². The van der Waals surface area contributed by atoms with E-state index >= 15 is 0 Å². The topological polar surface area (TPSA) is 38.9 Å². The molecule has 2 rings (SSSR count). The predicted octanol–water partition coefficient (Wildman–Crippen LogP) is 2.77. The van der Waals surface area contributed by atoms with Crippen molar-refractivity contribution in [3.8, 4) is 0 Å². The van der Waals surface area contributed by atoms with Crippen molar-refractivity contribution in [3.63, 3.8) is 0 Å². The van der Waals surface area contributed by atoms with Crippen LogP contribution in [0.1, 0.15) is 49.8 Å². The third kappa shape index (κ3) is 2.78. The quantitative estimate of drug-likeness (QED) is 0.819. The Labute approximate surface area is 91.9 Å². The van der Waals surface area contributed by atoms with Crippen LogP contribution >= 0.6 is 0 Å². The molecule has 82 valence electrons. The van der Waals surface area contributed by atoms with Gasteiger partial charge in [-0.05, 0) is 50.2 Å². The summed E-state index contributed by atoms with van der Waals surface area (Å²) in [6.45, 7) is 4.28. The molecule has 2 nitrogen and oxygen atoms in total. The van der Waals surface area contributed by atoms with Crippen LogP contribution < -0.4 is 5.73 Å². The van der Waals surface area contributed by atoms with Gasteiger partial charge >= 0.3 is 0 Å². The largest absolute Gasteiger partial charge is 0.325 e. The molecule has 1 heterocycles. The summed E-state index contributed by atoms with van der Waals surface area (Å²) in [5.41, 5.74) is 8.69. The Morgan fingerprint density at radius 1 is 1.47 bits per heavy atom. The number of rotatable bonds is 4. The van der Waals surface area contributed by atoms with Gasteiger partial charge in [0.2, 0.25) is 0 Å². The first-order valence-electron chi connectivity index (χ1n) is 5.80. The molecular weight excluding hydrogens is 184 g/mol. The zero-order valence-electron chi connectivity index (χ0n) is 9.66. The Morgan fingerprint density at radius 3 is 2.73 bits per heavy atom. The number of hydrogen-bond acceptors (Lipinski definition) is 2. The molecule has 1 aromatic rings. The van der Waals surface area contributed by atoms with E-state index in [1.807, 2.05) is 13.1 Å². The molecule has 0 saturated heterocycles. The Balaban J connectivity index is 1.89. The van der Waals surface area contributed by atoms with E-state index in [0.29, 0.717) is 5.92 Å². The number of aryl methyl sites for hydroxylation is 1. The molecule has 15 heavy (non-hydrogen) atoms. The van der Waals surface area contributed by atoms with Crippen LogP contribution in [-0.4, -0.2) is 10.5 Å². The number of nitrogens with zero attached hydrogens (tertiary/aromatic N) is 1. The van der Waals surface area contributed by atoms with Gasteiger partial charge in [0, 0.05) is 17.4 Å². The van der Waals surface area contributed by atoms with E-state index in [4.69, 9.17) is 5.73 Å². The monoisotopic (exact) mass is 204 g/mol. The highest BCUT2D eigenvalue weighted by molar-refractivity contribution is 5.17. The van der Waals surface area contributed by atoms with E-state index in [1.165, 1.54) is 24.8 Å². The van der Waals surface area contributed by atoms with Crippen LogP contribution in [0.3, 0.4) is 0 Å². The maximum Gasteiger partial charge on any atom is 0.0372 e. The lowest BCUT2D eigenvalue weighted by molar-refractivity contribution is 0.532. The zero-order valence-corrected chi connectivity index (χ0v) is 9.66. The molecule has 1 atom stereocenters. The fourth-order valence-electron chi connectivity index (χ4n) is 1.85. The lowest BCUT2D eigenvalue weighted by Gasteiger charge is -2.14. The number of aromatic nitrogens is 1. The predicted molar refractivity (Wildman–Crippen MR) is 62.8 cm³/mol. The molecule has 1 aliphatic carbocycles. The van der Waals surface area contributed by atoms with Gasteiger partial charge in [-0.3, -0.25) is 4.98 Å². The lowest BCUT2D eigenvalue weighted by atomic mass is 9.95. The highest BCUT2D eigenvalue weighted by Crippen LogP contribution is 2.38. The fraction of sp³-hybridized carbons (Fsp3) is 0.615. The minimum absolute atomic E-state index is 0.187. The van der Waals surface area contributed by atoms with E-state index in [-0.39, 0.29) is 5.54 Å². The third-order valence-electron chi connectivity index (χ3n) is 3.47. The first-order chi connectivity index (χ1) is 7.09. The smallest absolute Gasteiger partial charge is 0.0372 e. The second-order valence-electron chi connectivity index (χ2n) is 5.04. The number of nitrogens with two attached hydrogens (primary N) is 1. The van der Waals surface area contributed by atoms with Gasteiger partial charge in [0.25, 0.3) is 0 Å². The summed E-state index contributed by atoms with van der Waals surface area (Å²) < 4.78 is 0. The molecule has 1 aromatic heterocycles. The lowest BCUT2D eigenvalue weighted by Crippen LogP contribution is -2.21. The molecule has 0 radical (unpaired) electrons. The van der Waals surface area contributed by atoms with Crippen LogP contribution in [0.25, 0.3) is 0 Å². The van der Waals surface area contributed by atoms with Crippen molar-refractivity contribution in [1.29, 1.82) is 0 Å². The first kappa shape index (κ1) is 10.6. The summed E-state index contributed by atoms with van der Waals surface area (Å²) in [6, 6.07) is 4.27. The van der Waals surface area contributed by atoms with Crippen molar-refractivity contribution in [2.24, 2.45) is 5.73 Å². The summed E-state index contributed by atoms with van der Waals surface area (Å²) in [7, 11) is 0. The van der Waals surface area contributed by atoms with Gasteiger partial charge in [0.15, 0.2) is 0 Å². The van der Waals surface area contributed by atoms with Gasteiger partial charge in [-0.25, -0.2) is 0 Å². The van der Waals surface area contributed by atoms with Crippen molar-refractivity contribution < 1.29 is 0 Å². The molecule has 1 unspecified atom stereocenters. The van der Waals surface area contributed by atoms with Gasteiger partial charge < -0.3 is 5.73 Å². The summed E-state index contributed by atoms with van der Waals surface area (Å²) in [5.74, 6) is 0.583. The molecular formula is C13H20N2. The van der Waals surface area contributed by atoms with Crippen LogP contribution in [0.4, 0.5) is 0 Å². The molecule has 1 saturated carbocycles. The third-order valence-corrected chi connectivity index (χ3v) is 3.47. The molecule has 0 aliphatic heterocycles. The van der Waals surface area contributed by atoms with E-state index in [0.717, 1.165) is 12.1 Å². The van der Waals surface area contributed by atoms with E-state index in [9.17, 15) is 0 Å². The molecule has 0 bridgehead atoms. The Bertz CT molecular complexity index is 325. The Kier molecular flexibility index (Phi) is 2.79. The van der Waals surface area contributed by atoms with Crippen LogP contribution in [0.15, 0.2) is 18.3 Å². The van der Waals surface area contributed by atoms with Crippen LogP contribution in [0.2, 0.25) is 0 Å². The highest BCUT2D eigenvalue weighted by Gasteiger charge is 2.37. The number of pyridine rings is 1. The number of hydrogen-bond donors (Lipinski definition) is 1. The van der Waals surface area contributed by atoms with Gasteiger partial charge in [-0.1, -0.05) is 13.0 Å². The average molecular weight is 204 g/mol. The van der Waals surface area contributed by atoms with E-state index < -0.39 is 0 Å². The average Bonchev–Trinajstić information content (AvgIpc) is 2.95. The van der Waals surface area contributed by atoms with E-state index in [2.05, 4.69) is 24.0 Å². The zero-order chi connectivity index (χ0) is 10.9. The summed E-state index contributed by atoms with van der Waals surface area (Å²) in [5, 5.41) is 0. The second kappa shape index (κ2) is 3.93. The van der Waals surface area contributed by atoms with E-state index in [1.54, 1.807) is 0 Å². The molecule has 1 aliphatic rings. The van der Waals surface area contributed by atoms with Gasteiger partial charge in [-0.2, -0.15) is 0 Å². The molecule has 1 fully saturated rings. The van der Waals surface area contributed by atoms with Crippen molar-refractivity contribution in [2.45, 2.75) is 51.0 Å². The summed E-state index contributed by atoms with van der Waals surface area (Å²) in [4.78, 5) is 4.33. The minimum atomic E-state index is 0.187. The van der Waals surface area contributed by atoms with Gasteiger partial charge in [0.05, 0.1) is 0 Å². The first-order valence-corrected chi connectivity index (χ1v) is 5.80. The Hall–Kier alpha value is -0.890. The maximum atomic E-state index is 6.08. The molecule has 0 aromatic carbocycles. The molecule has 0 spiro atoms.